The minimum atomic E-state index is 0.167. The molecular formula is C13H25NOS. The van der Waals surface area contributed by atoms with E-state index in [0.29, 0.717) is 17.1 Å². The van der Waals surface area contributed by atoms with Crippen LogP contribution in [0.25, 0.3) is 0 Å². The van der Waals surface area contributed by atoms with Crippen molar-refractivity contribution in [1.82, 2.24) is 5.32 Å². The highest BCUT2D eigenvalue weighted by molar-refractivity contribution is 8.01. The molecule has 0 saturated carbocycles. The Kier molecular flexibility index (Phi) is 5.16. The molecule has 0 aliphatic carbocycles. The molecule has 3 unspecified atom stereocenters. The second-order valence-corrected chi connectivity index (χ2v) is 6.84. The molecule has 0 spiro atoms. The van der Waals surface area contributed by atoms with Crippen LogP contribution in [0.5, 0.6) is 0 Å². The minimum Gasteiger partial charge on any atom is -0.354 e. The average Bonchev–Trinajstić information content (AvgIpc) is 1.96. The number of carbonyl (C=O) groups excluding carboxylic acids is 1. The van der Waals surface area contributed by atoms with E-state index in [2.05, 4.69) is 26.1 Å². The second-order valence-electron chi connectivity index (χ2n) is 5.49. The first-order valence-electron chi connectivity index (χ1n) is 6.35. The van der Waals surface area contributed by atoms with E-state index in [0.717, 1.165) is 0 Å². The molecule has 16 heavy (non-hydrogen) atoms. The van der Waals surface area contributed by atoms with E-state index in [1.54, 1.807) is 0 Å². The first kappa shape index (κ1) is 13.9. The first-order valence-corrected chi connectivity index (χ1v) is 7.40. The molecule has 1 aliphatic rings. The normalized spacial score (nSPS) is 24.1. The van der Waals surface area contributed by atoms with E-state index in [9.17, 15) is 4.79 Å². The van der Waals surface area contributed by atoms with Gasteiger partial charge in [0.25, 0.3) is 0 Å². The van der Waals surface area contributed by atoms with Crippen LogP contribution in [0.3, 0.4) is 0 Å². The van der Waals surface area contributed by atoms with Crippen LogP contribution in [0.1, 0.15) is 41.0 Å². The largest absolute Gasteiger partial charge is 0.354 e. The van der Waals surface area contributed by atoms with Gasteiger partial charge in [0, 0.05) is 17.2 Å². The van der Waals surface area contributed by atoms with Crippen molar-refractivity contribution in [2.75, 3.05) is 5.75 Å². The van der Waals surface area contributed by atoms with Crippen molar-refractivity contribution in [1.29, 1.82) is 0 Å². The lowest BCUT2D eigenvalue weighted by Gasteiger charge is -2.37. The third-order valence-corrected chi connectivity index (χ3v) is 4.90. The zero-order valence-corrected chi connectivity index (χ0v) is 11.9. The monoisotopic (exact) mass is 243 g/mol. The Bertz CT molecular complexity index is 236. The Morgan fingerprint density at radius 3 is 2.12 bits per heavy atom. The van der Waals surface area contributed by atoms with E-state index >= 15 is 0 Å². The van der Waals surface area contributed by atoms with Crippen molar-refractivity contribution >= 4 is 17.7 Å². The van der Waals surface area contributed by atoms with Gasteiger partial charge in [-0.25, -0.2) is 0 Å². The van der Waals surface area contributed by atoms with Gasteiger partial charge >= 0.3 is 0 Å². The fourth-order valence-corrected chi connectivity index (χ4v) is 3.41. The molecule has 0 radical (unpaired) electrons. The SMILES string of the molecule is CC(C)NC(=O)C(C(C)C)C(C)C1CCS1. The second kappa shape index (κ2) is 5.95. The van der Waals surface area contributed by atoms with E-state index in [-0.39, 0.29) is 17.9 Å². The van der Waals surface area contributed by atoms with Gasteiger partial charge in [0.05, 0.1) is 0 Å². The molecule has 1 heterocycles. The van der Waals surface area contributed by atoms with Crippen LogP contribution in [-0.4, -0.2) is 23.0 Å². The molecule has 1 rings (SSSR count). The Hall–Kier alpha value is -0.180. The predicted octanol–water partition coefficient (Wildman–Crippen LogP) is 2.92. The van der Waals surface area contributed by atoms with Gasteiger partial charge in [-0.05, 0) is 37.9 Å². The summed E-state index contributed by atoms with van der Waals surface area (Å²) in [5.41, 5.74) is 0. The van der Waals surface area contributed by atoms with Crippen molar-refractivity contribution in [2.24, 2.45) is 17.8 Å². The highest BCUT2D eigenvalue weighted by Gasteiger charge is 2.36. The number of rotatable bonds is 5. The zero-order chi connectivity index (χ0) is 12.3. The Morgan fingerprint density at radius 2 is 1.81 bits per heavy atom. The summed E-state index contributed by atoms with van der Waals surface area (Å²) in [6.07, 6.45) is 1.28. The average molecular weight is 243 g/mol. The van der Waals surface area contributed by atoms with Crippen LogP contribution in [0, 0.1) is 17.8 Å². The van der Waals surface area contributed by atoms with Crippen molar-refractivity contribution < 1.29 is 4.79 Å². The molecule has 3 atom stereocenters. The smallest absolute Gasteiger partial charge is 0.223 e. The van der Waals surface area contributed by atoms with E-state index in [1.165, 1.54) is 12.2 Å². The number of amides is 1. The van der Waals surface area contributed by atoms with Crippen molar-refractivity contribution in [3.05, 3.63) is 0 Å². The van der Waals surface area contributed by atoms with Gasteiger partial charge in [-0.3, -0.25) is 4.79 Å². The summed E-state index contributed by atoms with van der Waals surface area (Å²) in [7, 11) is 0. The molecule has 94 valence electrons. The van der Waals surface area contributed by atoms with Gasteiger partial charge in [0.15, 0.2) is 0 Å². The van der Waals surface area contributed by atoms with Crippen molar-refractivity contribution in [3.63, 3.8) is 0 Å². The molecule has 1 saturated heterocycles. The molecular weight excluding hydrogens is 218 g/mol. The van der Waals surface area contributed by atoms with Crippen LogP contribution < -0.4 is 5.32 Å². The van der Waals surface area contributed by atoms with Gasteiger partial charge in [0.2, 0.25) is 5.91 Å². The number of thioether (sulfide) groups is 1. The third-order valence-electron chi connectivity index (χ3n) is 3.34. The summed E-state index contributed by atoms with van der Waals surface area (Å²) in [5, 5.41) is 3.76. The van der Waals surface area contributed by atoms with Gasteiger partial charge in [-0.2, -0.15) is 11.8 Å². The summed E-state index contributed by atoms with van der Waals surface area (Å²) in [4.78, 5) is 12.2. The quantitative estimate of drug-likeness (QED) is 0.804. The van der Waals surface area contributed by atoms with E-state index in [1.807, 2.05) is 25.6 Å². The summed E-state index contributed by atoms with van der Waals surface area (Å²) in [5.74, 6) is 2.60. The summed E-state index contributed by atoms with van der Waals surface area (Å²) in [6, 6.07) is 0.245. The van der Waals surface area contributed by atoms with Crippen molar-refractivity contribution in [2.45, 2.75) is 52.3 Å². The number of nitrogens with one attached hydrogen (secondary N) is 1. The maximum Gasteiger partial charge on any atom is 0.223 e. The number of hydrogen-bond acceptors (Lipinski definition) is 2. The minimum absolute atomic E-state index is 0.167. The highest BCUT2D eigenvalue weighted by atomic mass is 32.2. The fourth-order valence-electron chi connectivity index (χ4n) is 2.43. The topological polar surface area (TPSA) is 29.1 Å². The van der Waals surface area contributed by atoms with E-state index < -0.39 is 0 Å². The Labute approximate surface area is 104 Å². The number of carbonyl (C=O) groups is 1. The molecule has 0 aromatic rings. The zero-order valence-electron chi connectivity index (χ0n) is 11.1. The molecule has 1 aliphatic heterocycles. The van der Waals surface area contributed by atoms with Crippen LogP contribution >= 0.6 is 11.8 Å². The van der Waals surface area contributed by atoms with Gasteiger partial charge in [-0.15, -0.1) is 0 Å². The molecule has 2 nitrogen and oxygen atoms in total. The number of hydrogen-bond donors (Lipinski definition) is 1. The Balaban J connectivity index is 2.61. The molecule has 1 N–H and O–H groups in total. The maximum atomic E-state index is 12.2. The van der Waals surface area contributed by atoms with Gasteiger partial charge in [0.1, 0.15) is 0 Å². The van der Waals surface area contributed by atoms with Gasteiger partial charge in [-0.1, -0.05) is 20.8 Å². The molecule has 1 fully saturated rings. The first-order chi connectivity index (χ1) is 7.43. The predicted molar refractivity (Wildman–Crippen MR) is 71.6 cm³/mol. The fraction of sp³-hybridized carbons (Fsp3) is 0.923. The van der Waals surface area contributed by atoms with E-state index in [4.69, 9.17) is 0 Å². The molecule has 0 bridgehead atoms. The van der Waals surface area contributed by atoms with Crippen LogP contribution in [0.2, 0.25) is 0 Å². The summed E-state index contributed by atoms with van der Waals surface area (Å²) >= 11 is 2.02. The van der Waals surface area contributed by atoms with Crippen LogP contribution in [0.15, 0.2) is 0 Å². The molecule has 1 amide bonds. The summed E-state index contributed by atoms with van der Waals surface area (Å²) in [6.45, 7) is 10.6. The lowest BCUT2D eigenvalue weighted by atomic mass is 9.80. The Morgan fingerprint density at radius 1 is 1.25 bits per heavy atom. The van der Waals surface area contributed by atoms with Crippen LogP contribution in [0.4, 0.5) is 0 Å². The van der Waals surface area contributed by atoms with Crippen molar-refractivity contribution in [3.8, 4) is 0 Å². The van der Waals surface area contributed by atoms with Gasteiger partial charge < -0.3 is 5.32 Å². The standard InChI is InChI=1S/C13H25NOS/c1-8(2)12(13(15)14-9(3)4)10(5)11-6-7-16-11/h8-12H,6-7H2,1-5H3,(H,14,15). The summed E-state index contributed by atoms with van der Waals surface area (Å²) < 4.78 is 0. The third kappa shape index (κ3) is 3.41. The molecule has 0 aromatic carbocycles. The van der Waals surface area contributed by atoms with Crippen LogP contribution in [-0.2, 0) is 4.79 Å². The molecule has 0 aromatic heterocycles. The highest BCUT2D eigenvalue weighted by Crippen LogP contribution is 2.39. The molecule has 3 heteroatoms. The lowest BCUT2D eigenvalue weighted by Crippen LogP contribution is -2.44. The maximum absolute atomic E-state index is 12.2. The lowest BCUT2D eigenvalue weighted by molar-refractivity contribution is -0.128.